The first kappa shape index (κ1) is 24.2. The van der Waals surface area contributed by atoms with E-state index in [1.54, 1.807) is 0 Å². The lowest BCUT2D eigenvalue weighted by molar-refractivity contribution is -0.939. The fourth-order valence-corrected chi connectivity index (χ4v) is 6.76. The van der Waals surface area contributed by atoms with Crippen molar-refractivity contribution in [2.75, 3.05) is 26.2 Å². The first-order valence-corrected chi connectivity index (χ1v) is 13.5. The Hall–Kier alpha value is -2.53. The Morgan fingerprint density at radius 3 is 2.37 bits per heavy atom. The summed E-state index contributed by atoms with van der Waals surface area (Å²) in [4.78, 5) is 31.4. The van der Waals surface area contributed by atoms with Crippen LogP contribution in [0, 0.1) is 12.8 Å². The van der Waals surface area contributed by atoms with Crippen LogP contribution in [0.5, 0.6) is 0 Å². The molecule has 1 atom stereocenters. The van der Waals surface area contributed by atoms with Crippen LogP contribution in [0.15, 0.2) is 48.7 Å². The number of pyridine rings is 1. The Kier molecular flexibility index (Phi) is 7.06. The highest BCUT2D eigenvalue weighted by atomic mass is 16.5. The number of hydrogen-bond acceptors (Lipinski definition) is 4. The number of quaternary nitrogens is 1. The molecule has 4 aliphatic rings. The molecule has 6 rings (SSSR count). The van der Waals surface area contributed by atoms with E-state index in [1.807, 2.05) is 43.5 Å². The zero-order valence-corrected chi connectivity index (χ0v) is 21.1. The van der Waals surface area contributed by atoms with Gasteiger partial charge < -0.3 is 9.22 Å². The topological polar surface area (TPSA) is 56.3 Å². The summed E-state index contributed by atoms with van der Waals surface area (Å²) < 4.78 is 7.20. The number of piperidine rings is 3. The molecule has 4 heterocycles. The molecule has 5 heteroatoms. The first-order chi connectivity index (χ1) is 17.0. The summed E-state index contributed by atoms with van der Waals surface area (Å²) in [6.07, 6.45) is 10.4. The number of aryl methyl sites for hydroxylation is 1. The van der Waals surface area contributed by atoms with E-state index in [0.29, 0.717) is 18.9 Å². The number of Topliss-reactive ketones (excluding diaryl/α,β-unsaturated/α-hetero) is 1. The van der Waals surface area contributed by atoms with E-state index in [9.17, 15) is 9.59 Å². The minimum Gasteiger partial charge on any atom is -0.455 e. The Balaban J connectivity index is 1.29. The van der Waals surface area contributed by atoms with Crippen molar-refractivity contribution in [3.05, 3.63) is 65.5 Å². The average molecular weight is 476 g/mol. The summed E-state index contributed by atoms with van der Waals surface area (Å²) in [6.45, 7) is 5.31. The zero-order valence-electron chi connectivity index (χ0n) is 21.1. The highest BCUT2D eigenvalue weighted by Crippen LogP contribution is 2.42. The summed E-state index contributed by atoms with van der Waals surface area (Å²) >= 11 is 0. The lowest BCUT2D eigenvalue weighted by atomic mass is 9.74. The number of carbonyl (C=O) groups is 2. The minimum absolute atomic E-state index is 0.0299. The smallest absolute Gasteiger partial charge is 0.317 e. The molecular formula is C30H39N2O3+. The number of carbonyl (C=O) groups excluding carboxylic acids is 2. The normalized spacial score (nSPS) is 27.7. The first-order valence-electron chi connectivity index (χ1n) is 13.5. The molecule has 0 amide bonds. The number of fused-ring (bicyclic) bond motifs is 3. The molecule has 1 saturated carbocycles. The predicted molar refractivity (Wildman–Crippen MR) is 136 cm³/mol. The third-order valence-corrected chi connectivity index (χ3v) is 8.84. The molecule has 35 heavy (non-hydrogen) atoms. The maximum atomic E-state index is 13.9. The SMILES string of the molecule is Cc1ccc(CC(=O)C[N+]23CCC(CC2)[C@@H](OC(=O)C2(c4ccccc4)CCCCCC2)C3)nc1. The second kappa shape index (κ2) is 10.2. The molecule has 3 saturated heterocycles. The van der Waals surface area contributed by atoms with Crippen LogP contribution in [0.4, 0.5) is 0 Å². The van der Waals surface area contributed by atoms with E-state index in [0.717, 1.165) is 79.5 Å². The predicted octanol–water partition coefficient (Wildman–Crippen LogP) is 4.95. The molecular weight excluding hydrogens is 436 g/mol. The number of ether oxygens (including phenoxy) is 1. The van der Waals surface area contributed by atoms with Gasteiger partial charge in [0.1, 0.15) is 13.1 Å². The molecule has 4 fully saturated rings. The summed E-state index contributed by atoms with van der Waals surface area (Å²) in [5.41, 5.74) is 2.53. The molecule has 1 aromatic heterocycles. The largest absolute Gasteiger partial charge is 0.455 e. The van der Waals surface area contributed by atoms with Crippen molar-refractivity contribution in [3.8, 4) is 0 Å². The van der Waals surface area contributed by atoms with E-state index >= 15 is 0 Å². The Bertz CT molecular complexity index is 1020. The van der Waals surface area contributed by atoms with Crippen molar-refractivity contribution < 1.29 is 18.8 Å². The summed E-state index contributed by atoms with van der Waals surface area (Å²) in [6, 6.07) is 14.3. The van der Waals surface area contributed by atoms with Crippen LogP contribution in [-0.2, 0) is 26.2 Å². The number of hydrogen-bond donors (Lipinski definition) is 0. The van der Waals surface area contributed by atoms with Crippen LogP contribution in [0.25, 0.3) is 0 Å². The molecule has 3 aliphatic heterocycles. The zero-order chi connectivity index (χ0) is 24.3. The number of esters is 1. The fourth-order valence-electron chi connectivity index (χ4n) is 6.76. The fraction of sp³-hybridized carbons (Fsp3) is 0.567. The maximum Gasteiger partial charge on any atom is 0.317 e. The van der Waals surface area contributed by atoms with Gasteiger partial charge in [0.15, 0.2) is 11.9 Å². The number of aromatic nitrogens is 1. The van der Waals surface area contributed by atoms with Crippen molar-refractivity contribution in [2.24, 2.45) is 5.92 Å². The summed E-state index contributed by atoms with van der Waals surface area (Å²) in [5, 5.41) is 0. The van der Waals surface area contributed by atoms with E-state index in [1.165, 1.54) is 12.8 Å². The van der Waals surface area contributed by atoms with E-state index < -0.39 is 5.41 Å². The Labute approximate surface area is 209 Å². The van der Waals surface area contributed by atoms with Crippen LogP contribution in [0.2, 0.25) is 0 Å². The molecule has 0 radical (unpaired) electrons. The van der Waals surface area contributed by atoms with Gasteiger partial charge >= 0.3 is 5.97 Å². The molecule has 186 valence electrons. The van der Waals surface area contributed by atoms with Gasteiger partial charge in [-0.1, -0.05) is 62.1 Å². The lowest BCUT2D eigenvalue weighted by Crippen LogP contribution is -2.66. The quantitative estimate of drug-likeness (QED) is 0.323. The highest BCUT2D eigenvalue weighted by molar-refractivity contribution is 5.83. The number of nitrogens with zero attached hydrogens (tertiary/aromatic N) is 2. The second-order valence-corrected chi connectivity index (χ2v) is 11.3. The summed E-state index contributed by atoms with van der Waals surface area (Å²) in [5.74, 6) is 0.625. The summed E-state index contributed by atoms with van der Waals surface area (Å²) in [7, 11) is 0. The van der Waals surface area contributed by atoms with Crippen LogP contribution in [0.3, 0.4) is 0 Å². The van der Waals surface area contributed by atoms with Crippen molar-refractivity contribution in [1.82, 2.24) is 4.98 Å². The van der Waals surface area contributed by atoms with Gasteiger partial charge in [0, 0.05) is 30.7 Å². The average Bonchev–Trinajstić information content (AvgIpc) is 3.14. The molecule has 0 spiro atoms. The van der Waals surface area contributed by atoms with E-state index in [2.05, 4.69) is 17.1 Å². The lowest BCUT2D eigenvalue weighted by Gasteiger charge is -2.52. The number of benzene rings is 1. The molecule has 2 aromatic rings. The van der Waals surface area contributed by atoms with Gasteiger partial charge in [-0.2, -0.15) is 0 Å². The minimum atomic E-state index is -0.526. The van der Waals surface area contributed by atoms with Crippen LogP contribution < -0.4 is 0 Å². The van der Waals surface area contributed by atoms with Gasteiger partial charge in [-0.25, -0.2) is 0 Å². The van der Waals surface area contributed by atoms with E-state index in [-0.39, 0.29) is 17.9 Å². The van der Waals surface area contributed by atoms with Crippen molar-refractivity contribution >= 4 is 11.8 Å². The van der Waals surface area contributed by atoms with Gasteiger partial charge in [0.2, 0.25) is 0 Å². The van der Waals surface area contributed by atoms with Crippen molar-refractivity contribution in [3.63, 3.8) is 0 Å². The standard InChI is InChI=1S/C30H39N2O3/c1-23-11-12-26(31-20-23)19-27(33)21-32-17-13-24(14-18-32)28(22-32)35-29(34)30(15-7-2-3-8-16-30)25-9-5-4-6-10-25/h4-6,9-12,20,24,28H,2-3,7-8,13-19,21-22H2,1H3/q+1/t24?,28-,32?/m0/s1. The molecule has 5 nitrogen and oxygen atoms in total. The van der Waals surface area contributed by atoms with Gasteiger partial charge in [-0.3, -0.25) is 14.6 Å². The van der Waals surface area contributed by atoms with Gasteiger partial charge in [-0.05, 0) is 37.0 Å². The number of ketones is 1. The van der Waals surface area contributed by atoms with Crippen LogP contribution in [0.1, 0.15) is 68.2 Å². The Morgan fingerprint density at radius 2 is 1.71 bits per heavy atom. The Morgan fingerprint density at radius 1 is 1.00 bits per heavy atom. The monoisotopic (exact) mass is 475 g/mol. The van der Waals surface area contributed by atoms with Crippen LogP contribution in [-0.4, -0.2) is 53.5 Å². The molecule has 0 N–H and O–H groups in total. The third-order valence-electron chi connectivity index (χ3n) is 8.84. The van der Waals surface area contributed by atoms with Gasteiger partial charge in [0.05, 0.1) is 24.9 Å². The maximum absolute atomic E-state index is 13.9. The molecule has 1 aromatic carbocycles. The van der Waals surface area contributed by atoms with Crippen LogP contribution >= 0.6 is 0 Å². The second-order valence-electron chi connectivity index (χ2n) is 11.3. The third kappa shape index (κ3) is 5.20. The molecule has 2 bridgehead atoms. The van der Waals surface area contributed by atoms with Gasteiger partial charge in [-0.15, -0.1) is 0 Å². The van der Waals surface area contributed by atoms with E-state index in [4.69, 9.17) is 4.74 Å². The van der Waals surface area contributed by atoms with Crippen molar-refractivity contribution in [1.29, 1.82) is 0 Å². The molecule has 1 aliphatic carbocycles. The van der Waals surface area contributed by atoms with Gasteiger partial charge in [0.25, 0.3) is 0 Å². The molecule has 0 unspecified atom stereocenters. The highest BCUT2D eigenvalue weighted by Gasteiger charge is 2.50. The number of rotatable bonds is 7. The van der Waals surface area contributed by atoms with Crippen molar-refractivity contribution in [2.45, 2.75) is 76.2 Å².